The average molecular weight is 345 g/mol. The van der Waals surface area contributed by atoms with Gasteiger partial charge in [0.25, 0.3) is 5.22 Å². The van der Waals surface area contributed by atoms with Crippen LogP contribution in [0.25, 0.3) is 0 Å². The number of benzene rings is 1. The second-order valence-corrected chi connectivity index (χ2v) is 6.84. The van der Waals surface area contributed by atoms with E-state index in [4.69, 9.17) is 4.42 Å². The second-order valence-electron chi connectivity index (χ2n) is 5.91. The number of Topliss-reactive ketones (excluding diaryl/α,β-unsaturated/α-hetero) is 1. The monoisotopic (exact) mass is 345 g/mol. The van der Waals surface area contributed by atoms with Crippen LogP contribution >= 0.6 is 11.8 Å². The third kappa shape index (κ3) is 3.84. The molecule has 0 atom stereocenters. The standard InChI is InChI=1S/C17H19N3O3S/c1-11-5-6-12(2)13(8-11)14(21)10-24-17-19-18-15(23-17)9-20-7-3-4-16(20)22/h5-6,8H,3-4,7,9-10H2,1-2H3. The molecule has 6 nitrogen and oxygen atoms in total. The Morgan fingerprint density at radius 3 is 2.92 bits per heavy atom. The van der Waals surface area contributed by atoms with Crippen molar-refractivity contribution in [3.63, 3.8) is 0 Å². The summed E-state index contributed by atoms with van der Waals surface area (Å²) in [7, 11) is 0. The lowest BCUT2D eigenvalue weighted by Gasteiger charge is -2.11. The minimum Gasteiger partial charge on any atom is -0.414 e. The molecule has 7 heteroatoms. The fourth-order valence-corrected chi connectivity index (χ4v) is 3.30. The van der Waals surface area contributed by atoms with Gasteiger partial charge in [-0.2, -0.15) is 0 Å². The molecule has 24 heavy (non-hydrogen) atoms. The molecule has 0 radical (unpaired) electrons. The maximum atomic E-state index is 12.4. The van der Waals surface area contributed by atoms with E-state index < -0.39 is 0 Å². The highest BCUT2D eigenvalue weighted by Gasteiger charge is 2.22. The number of nitrogens with zero attached hydrogens (tertiary/aromatic N) is 3. The van der Waals surface area contributed by atoms with Crippen LogP contribution in [0.1, 0.15) is 40.2 Å². The first-order valence-corrected chi connectivity index (χ1v) is 8.85. The van der Waals surface area contributed by atoms with Crippen LogP contribution in [0.4, 0.5) is 0 Å². The molecule has 1 aromatic heterocycles. The molecule has 1 aliphatic heterocycles. The van der Waals surface area contributed by atoms with Crippen LogP contribution in [0.5, 0.6) is 0 Å². The molecule has 1 amide bonds. The summed E-state index contributed by atoms with van der Waals surface area (Å²) in [4.78, 5) is 25.7. The Hall–Kier alpha value is -2.15. The van der Waals surface area contributed by atoms with Gasteiger partial charge >= 0.3 is 0 Å². The first kappa shape index (κ1) is 16.7. The van der Waals surface area contributed by atoms with Gasteiger partial charge in [0.15, 0.2) is 5.78 Å². The highest BCUT2D eigenvalue weighted by molar-refractivity contribution is 7.99. The fraction of sp³-hybridized carbons (Fsp3) is 0.412. The van der Waals surface area contributed by atoms with Gasteiger partial charge < -0.3 is 9.32 Å². The second kappa shape index (κ2) is 7.17. The molecule has 1 saturated heterocycles. The highest BCUT2D eigenvalue weighted by atomic mass is 32.2. The van der Waals surface area contributed by atoms with Gasteiger partial charge in [0.05, 0.1) is 12.3 Å². The van der Waals surface area contributed by atoms with Gasteiger partial charge in [-0.05, 0) is 31.9 Å². The van der Waals surface area contributed by atoms with E-state index in [0.29, 0.717) is 24.1 Å². The number of thioether (sulfide) groups is 1. The van der Waals surface area contributed by atoms with E-state index in [1.165, 1.54) is 11.8 Å². The lowest BCUT2D eigenvalue weighted by molar-refractivity contribution is -0.128. The molecule has 2 aromatic rings. The number of aromatic nitrogens is 2. The zero-order chi connectivity index (χ0) is 17.1. The van der Waals surface area contributed by atoms with Crippen LogP contribution in [0, 0.1) is 13.8 Å². The Morgan fingerprint density at radius 1 is 1.33 bits per heavy atom. The average Bonchev–Trinajstić information content (AvgIpc) is 3.17. The zero-order valence-electron chi connectivity index (χ0n) is 13.7. The van der Waals surface area contributed by atoms with E-state index in [1.807, 2.05) is 32.0 Å². The van der Waals surface area contributed by atoms with E-state index in [2.05, 4.69) is 10.2 Å². The summed E-state index contributed by atoms with van der Waals surface area (Å²) in [6, 6.07) is 5.84. The van der Waals surface area contributed by atoms with Crippen molar-refractivity contribution in [1.29, 1.82) is 0 Å². The molecule has 1 aliphatic rings. The number of ketones is 1. The number of hydrogen-bond donors (Lipinski definition) is 0. The molecule has 0 bridgehead atoms. The third-order valence-electron chi connectivity index (χ3n) is 3.97. The Labute approximate surface area is 144 Å². The van der Waals surface area contributed by atoms with Gasteiger partial charge in [-0.25, -0.2) is 0 Å². The largest absolute Gasteiger partial charge is 0.414 e. The highest BCUT2D eigenvalue weighted by Crippen LogP contribution is 2.21. The van der Waals surface area contributed by atoms with Crippen LogP contribution in [0.3, 0.4) is 0 Å². The minimum absolute atomic E-state index is 0.0377. The number of likely N-dealkylation sites (tertiary alicyclic amines) is 1. The van der Waals surface area contributed by atoms with Crippen LogP contribution in [-0.2, 0) is 11.3 Å². The first-order chi connectivity index (χ1) is 11.5. The first-order valence-electron chi connectivity index (χ1n) is 7.86. The lowest BCUT2D eigenvalue weighted by Crippen LogP contribution is -2.23. The van der Waals surface area contributed by atoms with Gasteiger partial charge in [-0.1, -0.05) is 29.5 Å². The van der Waals surface area contributed by atoms with Gasteiger partial charge in [0.1, 0.15) is 0 Å². The van der Waals surface area contributed by atoms with Crippen LogP contribution in [0.2, 0.25) is 0 Å². The normalized spacial score (nSPS) is 14.4. The molecule has 0 unspecified atom stereocenters. The molecule has 1 fully saturated rings. The predicted molar refractivity (Wildman–Crippen MR) is 89.9 cm³/mol. The van der Waals surface area contributed by atoms with Gasteiger partial charge in [-0.3, -0.25) is 9.59 Å². The van der Waals surface area contributed by atoms with Crippen molar-refractivity contribution in [3.8, 4) is 0 Å². The number of amides is 1. The van der Waals surface area contributed by atoms with E-state index in [-0.39, 0.29) is 17.4 Å². The van der Waals surface area contributed by atoms with Gasteiger partial charge in [-0.15, -0.1) is 10.2 Å². The van der Waals surface area contributed by atoms with Crippen molar-refractivity contribution >= 4 is 23.5 Å². The topological polar surface area (TPSA) is 76.3 Å². The predicted octanol–water partition coefficient (Wildman–Crippen LogP) is 2.78. The molecule has 0 N–H and O–H groups in total. The molecule has 0 spiro atoms. The maximum absolute atomic E-state index is 12.4. The molecule has 126 valence electrons. The third-order valence-corrected chi connectivity index (χ3v) is 4.78. The van der Waals surface area contributed by atoms with E-state index in [9.17, 15) is 9.59 Å². The Balaban J connectivity index is 1.58. The zero-order valence-corrected chi connectivity index (χ0v) is 14.6. The van der Waals surface area contributed by atoms with Gasteiger partial charge in [0, 0.05) is 18.5 Å². The molecular formula is C17H19N3O3S. The Morgan fingerprint density at radius 2 is 2.17 bits per heavy atom. The molecule has 1 aromatic carbocycles. The van der Waals surface area contributed by atoms with E-state index >= 15 is 0 Å². The smallest absolute Gasteiger partial charge is 0.277 e. The summed E-state index contributed by atoms with van der Waals surface area (Å²) >= 11 is 1.22. The molecule has 3 rings (SSSR count). The number of aryl methyl sites for hydroxylation is 2. The van der Waals surface area contributed by atoms with Crippen molar-refractivity contribution in [3.05, 3.63) is 40.8 Å². The van der Waals surface area contributed by atoms with Crippen molar-refractivity contribution in [1.82, 2.24) is 15.1 Å². The summed E-state index contributed by atoms with van der Waals surface area (Å²) in [6.07, 6.45) is 1.46. The lowest BCUT2D eigenvalue weighted by atomic mass is 10.0. The van der Waals surface area contributed by atoms with Crippen LogP contribution in [0.15, 0.2) is 27.8 Å². The quantitative estimate of drug-likeness (QED) is 0.592. The molecule has 0 aliphatic carbocycles. The number of carbonyl (C=O) groups excluding carboxylic acids is 2. The van der Waals surface area contributed by atoms with Gasteiger partial charge in [0.2, 0.25) is 11.8 Å². The summed E-state index contributed by atoms with van der Waals surface area (Å²) < 4.78 is 5.53. The number of hydrogen-bond acceptors (Lipinski definition) is 6. The fourth-order valence-electron chi connectivity index (χ4n) is 2.64. The SMILES string of the molecule is Cc1ccc(C)c(C(=O)CSc2nnc(CN3CCCC3=O)o2)c1. The molecule has 2 heterocycles. The minimum atomic E-state index is 0.0377. The maximum Gasteiger partial charge on any atom is 0.277 e. The van der Waals surface area contributed by atoms with E-state index in [1.54, 1.807) is 4.90 Å². The van der Waals surface area contributed by atoms with Crippen LogP contribution in [-0.4, -0.2) is 39.1 Å². The van der Waals surface area contributed by atoms with Crippen molar-refractivity contribution in [2.45, 2.75) is 38.5 Å². The number of rotatable bonds is 6. The summed E-state index contributed by atoms with van der Waals surface area (Å²) in [5, 5.41) is 8.26. The number of carbonyl (C=O) groups is 2. The van der Waals surface area contributed by atoms with Crippen molar-refractivity contribution in [2.75, 3.05) is 12.3 Å². The van der Waals surface area contributed by atoms with E-state index in [0.717, 1.165) is 29.7 Å². The summed E-state index contributed by atoms with van der Waals surface area (Å²) in [6.45, 7) is 4.97. The Bertz CT molecular complexity index is 772. The van der Waals surface area contributed by atoms with Crippen LogP contribution < -0.4 is 0 Å². The Kier molecular flexibility index (Phi) is 4.99. The van der Waals surface area contributed by atoms with Crippen molar-refractivity contribution < 1.29 is 14.0 Å². The summed E-state index contributed by atoms with van der Waals surface area (Å²) in [5.74, 6) is 0.810. The molecular weight excluding hydrogens is 326 g/mol. The molecule has 0 saturated carbocycles. The van der Waals surface area contributed by atoms with Crippen molar-refractivity contribution in [2.24, 2.45) is 0 Å². The summed E-state index contributed by atoms with van der Waals surface area (Å²) in [5.41, 5.74) is 2.75.